The van der Waals surface area contributed by atoms with Gasteiger partial charge in [0, 0.05) is 26.2 Å². The Morgan fingerprint density at radius 2 is 1.87 bits per heavy atom. The number of ether oxygens (including phenoxy) is 3. The quantitative estimate of drug-likeness (QED) is 0.326. The van der Waals surface area contributed by atoms with Gasteiger partial charge in [-0.3, -0.25) is 9.89 Å². The van der Waals surface area contributed by atoms with Gasteiger partial charge in [-0.1, -0.05) is 19.9 Å². The zero-order chi connectivity index (χ0) is 21.8. The summed E-state index contributed by atoms with van der Waals surface area (Å²) in [5, 5.41) is 6.85. The number of aliphatic imine (C=N–C) groups is 1. The van der Waals surface area contributed by atoms with E-state index in [2.05, 4.69) is 48.4 Å². The highest BCUT2D eigenvalue weighted by Crippen LogP contribution is 2.32. The van der Waals surface area contributed by atoms with Gasteiger partial charge >= 0.3 is 0 Å². The van der Waals surface area contributed by atoms with Gasteiger partial charge < -0.3 is 24.8 Å². The smallest absolute Gasteiger partial charge is 0.191 e. The highest BCUT2D eigenvalue weighted by Gasteiger charge is 2.24. The van der Waals surface area contributed by atoms with E-state index in [4.69, 9.17) is 19.2 Å². The van der Waals surface area contributed by atoms with E-state index < -0.39 is 0 Å². The van der Waals surface area contributed by atoms with E-state index in [0.717, 1.165) is 69.2 Å². The zero-order valence-corrected chi connectivity index (χ0v) is 19.4. The number of nitrogens with zero attached hydrogens (tertiary/aromatic N) is 2. The first-order valence-corrected chi connectivity index (χ1v) is 11.1. The third kappa shape index (κ3) is 7.69. The SMILES string of the molecule is CCNC(=NCC(c1ccc(OC)c(OC)c1)N1CCOCC1)NCCCC(C)C. The van der Waals surface area contributed by atoms with Crippen LogP contribution in [0.4, 0.5) is 0 Å². The molecule has 0 saturated carbocycles. The highest BCUT2D eigenvalue weighted by atomic mass is 16.5. The van der Waals surface area contributed by atoms with E-state index in [9.17, 15) is 0 Å². The number of hydrogen-bond acceptors (Lipinski definition) is 5. The Labute approximate surface area is 182 Å². The molecule has 30 heavy (non-hydrogen) atoms. The number of methoxy groups -OCH3 is 2. The van der Waals surface area contributed by atoms with Crippen LogP contribution in [0.1, 0.15) is 45.2 Å². The molecule has 0 amide bonds. The van der Waals surface area contributed by atoms with Crippen LogP contribution >= 0.6 is 0 Å². The molecule has 0 radical (unpaired) electrons. The second kappa shape index (κ2) is 13.3. The summed E-state index contributed by atoms with van der Waals surface area (Å²) in [6.45, 7) is 12.3. The Kier molecular flexibility index (Phi) is 10.8. The first kappa shape index (κ1) is 24.3. The van der Waals surface area contributed by atoms with Gasteiger partial charge in [-0.15, -0.1) is 0 Å². The standard InChI is InChI=1S/C23H40N4O3/c1-6-24-23(25-11-7-8-18(2)3)26-17-20(27-12-14-30-15-13-27)19-9-10-21(28-4)22(16-19)29-5/h9-10,16,18,20H,6-8,11-15,17H2,1-5H3,(H2,24,25,26). The molecule has 1 unspecified atom stereocenters. The van der Waals surface area contributed by atoms with Crippen LogP contribution in [-0.4, -0.2) is 71.0 Å². The zero-order valence-electron chi connectivity index (χ0n) is 19.4. The van der Waals surface area contributed by atoms with Crippen LogP contribution in [-0.2, 0) is 4.74 Å². The fraction of sp³-hybridized carbons (Fsp3) is 0.696. The van der Waals surface area contributed by atoms with Crippen molar-refractivity contribution in [1.29, 1.82) is 0 Å². The van der Waals surface area contributed by atoms with Crippen LogP contribution in [0.25, 0.3) is 0 Å². The highest BCUT2D eigenvalue weighted by molar-refractivity contribution is 5.79. The van der Waals surface area contributed by atoms with Crippen LogP contribution in [0.5, 0.6) is 11.5 Å². The summed E-state index contributed by atoms with van der Waals surface area (Å²) in [7, 11) is 3.34. The van der Waals surface area contributed by atoms with Crippen LogP contribution in [0.15, 0.2) is 23.2 Å². The normalized spacial score (nSPS) is 16.4. The van der Waals surface area contributed by atoms with Crippen LogP contribution in [0.2, 0.25) is 0 Å². The van der Waals surface area contributed by atoms with Gasteiger partial charge in [0.2, 0.25) is 0 Å². The Morgan fingerprint density at radius 3 is 2.50 bits per heavy atom. The molecule has 0 aliphatic carbocycles. The van der Waals surface area contributed by atoms with Gasteiger partial charge in [-0.2, -0.15) is 0 Å². The van der Waals surface area contributed by atoms with Gasteiger partial charge in [-0.05, 0) is 43.4 Å². The van der Waals surface area contributed by atoms with Gasteiger partial charge in [0.25, 0.3) is 0 Å². The molecule has 0 spiro atoms. The summed E-state index contributed by atoms with van der Waals surface area (Å²) in [6.07, 6.45) is 2.36. The summed E-state index contributed by atoms with van der Waals surface area (Å²) in [4.78, 5) is 7.36. The maximum atomic E-state index is 5.57. The number of morpholine rings is 1. The second-order valence-corrected chi connectivity index (χ2v) is 7.96. The Balaban J connectivity index is 2.16. The molecule has 7 nitrogen and oxygen atoms in total. The van der Waals surface area contributed by atoms with Gasteiger partial charge in [0.05, 0.1) is 40.0 Å². The van der Waals surface area contributed by atoms with Gasteiger partial charge in [-0.25, -0.2) is 0 Å². The van der Waals surface area contributed by atoms with E-state index in [1.165, 1.54) is 12.0 Å². The molecule has 1 aliphatic rings. The summed E-state index contributed by atoms with van der Waals surface area (Å²) in [6, 6.07) is 6.30. The van der Waals surface area contributed by atoms with Crippen molar-refractivity contribution in [3.63, 3.8) is 0 Å². The molecule has 0 aromatic heterocycles. The Bertz CT molecular complexity index is 645. The van der Waals surface area contributed by atoms with E-state index in [0.29, 0.717) is 6.54 Å². The minimum absolute atomic E-state index is 0.153. The first-order chi connectivity index (χ1) is 14.6. The maximum Gasteiger partial charge on any atom is 0.191 e. The summed E-state index contributed by atoms with van der Waals surface area (Å²) in [5.41, 5.74) is 1.17. The van der Waals surface area contributed by atoms with Crippen molar-refractivity contribution in [3.05, 3.63) is 23.8 Å². The molecule has 1 saturated heterocycles. The van der Waals surface area contributed by atoms with E-state index in [1.54, 1.807) is 14.2 Å². The molecule has 170 valence electrons. The summed E-state index contributed by atoms with van der Waals surface area (Å²) < 4.78 is 16.5. The Morgan fingerprint density at radius 1 is 1.13 bits per heavy atom. The summed E-state index contributed by atoms with van der Waals surface area (Å²) >= 11 is 0. The van der Waals surface area contributed by atoms with Crippen molar-refractivity contribution in [1.82, 2.24) is 15.5 Å². The maximum absolute atomic E-state index is 5.57. The minimum atomic E-state index is 0.153. The second-order valence-electron chi connectivity index (χ2n) is 7.96. The number of hydrogen-bond donors (Lipinski definition) is 2. The van der Waals surface area contributed by atoms with Crippen molar-refractivity contribution in [3.8, 4) is 11.5 Å². The monoisotopic (exact) mass is 420 g/mol. The summed E-state index contributed by atoms with van der Waals surface area (Å²) in [5.74, 6) is 3.09. The lowest BCUT2D eigenvalue weighted by Gasteiger charge is -2.34. The number of nitrogens with one attached hydrogen (secondary N) is 2. The lowest BCUT2D eigenvalue weighted by Crippen LogP contribution is -2.42. The molecule has 1 atom stereocenters. The predicted molar refractivity (Wildman–Crippen MR) is 123 cm³/mol. The van der Waals surface area contributed by atoms with E-state index in [1.807, 2.05) is 6.07 Å². The van der Waals surface area contributed by atoms with Crippen molar-refractivity contribution < 1.29 is 14.2 Å². The predicted octanol–water partition coefficient (Wildman–Crippen LogP) is 3.07. The first-order valence-electron chi connectivity index (χ1n) is 11.1. The topological polar surface area (TPSA) is 67.4 Å². The fourth-order valence-electron chi connectivity index (χ4n) is 3.62. The number of rotatable bonds is 11. The molecule has 2 rings (SSSR count). The molecule has 7 heteroatoms. The van der Waals surface area contributed by atoms with Gasteiger partial charge in [0.1, 0.15) is 0 Å². The lowest BCUT2D eigenvalue weighted by molar-refractivity contribution is 0.0179. The lowest BCUT2D eigenvalue weighted by atomic mass is 10.0. The molecule has 0 bridgehead atoms. The molecule has 1 heterocycles. The number of benzene rings is 1. The average molecular weight is 421 g/mol. The molecular weight excluding hydrogens is 380 g/mol. The molecule has 1 fully saturated rings. The van der Waals surface area contributed by atoms with E-state index in [-0.39, 0.29) is 6.04 Å². The third-order valence-corrected chi connectivity index (χ3v) is 5.30. The Hall–Kier alpha value is -1.99. The third-order valence-electron chi connectivity index (χ3n) is 5.30. The molecular formula is C23H40N4O3. The molecule has 2 N–H and O–H groups in total. The molecule has 1 aromatic carbocycles. The number of guanidine groups is 1. The van der Waals surface area contributed by atoms with Crippen molar-refractivity contribution in [2.45, 2.75) is 39.7 Å². The average Bonchev–Trinajstić information content (AvgIpc) is 2.77. The van der Waals surface area contributed by atoms with Crippen LogP contribution < -0.4 is 20.1 Å². The van der Waals surface area contributed by atoms with Crippen molar-refractivity contribution in [2.24, 2.45) is 10.9 Å². The van der Waals surface area contributed by atoms with Crippen molar-refractivity contribution >= 4 is 5.96 Å². The van der Waals surface area contributed by atoms with Crippen LogP contribution in [0, 0.1) is 5.92 Å². The van der Waals surface area contributed by atoms with E-state index >= 15 is 0 Å². The molecule has 1 aromatic rings. The van der Waals surface area contributed by atoms with Crippen LogP contribution in [0.3, 0.4) is 0 Å². The largest absolute Gasteiger partial charge is 0.493 e. The fourth-order valence-corrected chi connectivity index (χ4v) is 3.62. The minimum Gasteiger partial charge on any atom is -0.493 e. The van der Waals surface area contributed by atoms with Gasteiger partial charge in [0.15, 0.2) is 17.5 Å². The molecule has 1 aliphatic heterocycles. The van der Waals surface area contributed by atoms with Crippen molar-refractivity contribution in [2.75, 3.05) is 60.2 Å².